The quantitative estimate of drug-likeness (QED) is 0.471. The maximum absolute atomic E-state index is 2.99. The second kappa shape index (κ2) is 52.0. The SMILES string of the molecule is Cl.Cl.[C-]1=CC=CC1.[CH3-].[CH3-].[CH3-].[CH3-].[SiH2]=[Ti]. The van der Waals surface area contributed by atoms with Crippen LogP contribution in [0.15, 0.2) is 18.2 Å². The summed E-state index contributed by atoms with van der Waals surface area (Å²) in [6, 6.07) is 0. The molecule has 0 nitrogen and oxygen atoms in total. The van der Waals surface area contributed by atoms with E-state index in [-0.39, 0.29) is 54.5 Å². The Morgan fingerprint density at radius 3 is 1.46 bits per heavy atom. The molecule has 0 radical (unpaired) electrons. The molecule has 0 atom stereocenters. The summed E-state index contributed by atoms with van der Waals surface area (Å²) in [7, 11) is 1.86. The molecule has 84 valence electrons. The minimum absolute atomic E-state index is 0. The average Bonchev–Trinajstić information content (AvgIpc) is 2.23. The maximum atomic E-state index is 2.99. The van der Waals surface area contributed by atoms with Gasteiger partial charge in [0.25, 0.3) is 0 Å². The first-order valence-electron chi connectivity index (χ1n) is 2.07. The van der Waals surface area contributed by atoms with Crippen LogP contribution < -0.4 is 0 Å². The number of halogens is 2. The molecule has 0 aromatic rings. The molecule has 0 amide bonds. The zero-order valence-corrected chi connectivity index (χ0v) is 13.6. The Hall–Kier alpha value is 0.991. The van der Waals surface area contributed by atoms with E-state index in [2.05, 4.69) is 12.2 Å². The molecular formula is C9H21Cl2SiTi-5. The Kier molecular flexibility index (Phi) is 193. The number of hydrogen-bond donors (Lipinski definition) is 0. The third-order valence-electron chi connectivity index (χ3n) is 0.586. The molecule has 0 unspecified atom stereocenters. The second-order valence-electron chi connectivity index (χ2n) is 1.00. The van der Waals surface area contributed by atoms with E-state index in [9.17, 15) is 0 Å². The molecule has 1 rings (SSSR count). The molecular weight excluding hydrogens is 255 g/mol. The monoisotopic (exact) mass is 275 g/mol. The van der Waals surface area contributed by atoms with E-state index in [4.69, 9.17) is 0 Å². The van der Waals surface area contributed by atoms with Crippen LogP contribution in [0.1, 0.15) is 6.42 Å². The van der Waals surface area contributed by atoms with Crippen LogP contribution in [0.4, 0.5) is 0 Å². The fourth-order valence-electron chi connectivity index (χ4n) is 0.340. The van der Waals surface area contributed by atoms with Gasteiger partial charge in [0.2, 0.25) is 0 Å². The van der Waals surface area contributed by atoms with Gasteiger partial charge < -0.3 is 29.7 Å². The fraction of sp³-hybridized carbons (Fsp3) is 0.111. The van der Waals surface area contributed by atoms with E-state index < -0.39 is 0 Å². The van der Waals surface area contributed by atoms with Crippen molar-refractivity contribution < 1.29 is 19.2 Å². The molecule has 0 N–H and O–H groups in total. The topological polar surface area (TPSA) is 0 Å². The van der Waals surface area contributed by atoms with Crippen molar-refractivity contribution in [2.75, 3.05) is 0 Å². The molecule has 0 aliphatic heterocycles. The minimum atomic E-state index is 0. The van der Waals surface area contributed by atoms with Gasteiger partial charge in [0.05, 0.1) is 0 Å². The molecule has 0 heterocycles. The zero-order valence-electron chi connectivity index (χ0n) is 8.96. The predicted octanol–water partition coefficient (Wildman–Crippen LogP) is 3.03. The van der Waals surface area contributed by atoms with Crippen LogP contribution in [-0.2, 0) is 19.2 Å². The van der Waals surface area contributed by atoms with E-state index >= 15 is 0 Å². The molecule has 1 aliphatic carbocycles. The number of hydrogen-bond acceptors (Lipinski definition) is 0. The van der Waals surface area contributed by atoms with Gasteiger partial charge in [-0.3, -0.25) is 6.08 Å². The van der Waals surface area contributed by atoms with Gasteiger partial charge in [-0.05, 0) is 0 Å². The Morgan fingerprint density at radius 1 is 1.00 bits per heavy atom. The van der Waals surface area contributed by atoms with Gasteiger partial charge in [0.15, 0.2) is 0 Å². The van der Waals surface area contributed by atoms with Crippen molar-refractivity contribution in [2.45, 2.75) is 6.42 Å². The predicted molar refractivity (Wildman–Crippen MR) is 70.3 cm³/mol. The van der Waals surface area contributed by atoms with Crippen molar-refractivity contribution >= 4 is 32.4 Å². The van der Waals surface area contributed by atoms with Crippen molar-refractivity contribution in [3.63, 3.8) is 0 Å². The van der Waals surface area contributed by atoms with Gasteiger partial charge in [0.1, 0.15) is 0 Å². The van der Waals surface area contributed by atoms with Crippen molar-refractivity contribution in [1.29, 1.82) is 0 Å². The Balaban J connectivity index is -0.00000000859. The van der Waals surface area contributed by atoms with Crippen LogP contribution >= 0.6 is 24.8 Å². The summed E-state index contributed by atoms with van der Waals surface area (Å²) >= 11 is 2.03. The zero-order chi connectivity index (χ0) is 5.54. The summed E-state index contributed by atoms with van der Waals surface area (Å²) in [6.45, 7) is 0. The van der Waals surface area contributed by atoms with Crippen LogP contribution in [0.3, 0.4) is 0 Å². The fourth-order valence-corrected chi connectivity index (χ4v) is 0.340. The molecule has 0 saturated carbocycles. The molecule has 1 aliphatic rings. The van der Waals surface area contributed by atoms with Crippen LogP contribution in [0, 0.1) is 35.8 Å². The van der Waals surface area contributed by atoms with Crippen molar-refractivity contribution in [1.82, 2.24) is 0 Å². The summed E-state index contributed by atoms with van der Waals surface area (Å²) in [5.74, 6) is 0. The van der Waals surface area contributed by atoms with Crippen LogP contribution in [0.25, 0.3) is 0 Å². The molecule has 0 bridgehead atoms. The molecule has 0 aromatic carbocycles. The summed E-state index contributed by atoms with van der Waals surface area (Å²) in [6.07, 6.45) is 10.0. The van der Waals surface area contributed by atoms with Gasteiger partial charge in [0, 0.05) is 0 Å². The second-order valence-corrected chi connectivity index (χ2v) is 1.00. The first-order chi connectivity index (χ1) is 3.50. The Labute approximate surface area is 112 Å². The summed E-state index contributed by atoms with van der Waals surface area (Å²) in [4.78, 5) is 0. The third-order valence-corrected chi connectivity index (χ3v) is 0.586. The van der Waals surface area contributed by atoms with Crippen molar-refractivity contribution in [3.05, 3.63) is 54.0 Å². The summed E-state index contributed by atoms with van der Waals surface area (Å²) in [5, 5.41) is 0. The molecule has 0 aromatic heterocycles. The van der Waals surface area contributed by atoms with Crippen LogP contribution in [0.5, 0.6) is 0 Å². The first kappa shape index (κ1) is 48.3. The molecule has 4 heteroatoms. The number of allylic oxidation sites excluding steroid dienone is 4. The van der Waals surface area contributed by atoms with Gasteiger partial charge in [-0.25, -0.2) is 12.2 Å². The van der Waals surface area contributed by atoms with E-state index in [1.165, 1.54) is 0 Å². The Bertz CT molecular complexity index is 85.6. The van der Waals surface area contributed by atoms with E-state index in [1.807, 2.05) is 39.0 Å². The van der Waals surface area contributed by atoms with Gasteiger partial charge in [-0.1, -0.05) is 0 Å². The Morgan fingerprint density at radius 2 is 1.38 bits per heavy atom. The van der Waals surface area contributed by atoms with Crippen LogP contribution in [0.2, 0.25) is 0 Å². The van der Waals surface area contributed by atoms with E-state index in [1.54, 1.807) is 0 Å². The van der Waals surface area contributed by atoms with Crippen LogP contribution in [-0.4, -0.2) is 7.63 Å². The van der Waals surface area contributed by atoms with Gasteiger partial charge in [-0.2, -0.15) is 6.08 Å². The van der Waals surface area contributed by atoms with Crippen molar-refractivity contribution in [3.8, 4) is 0 Å². The molecule has 0 saturated heterocycles. The molecule has 0 fully saturated rings. The van der Waals surface area contributed by atoms with Gasteiger partial charge >= 0.3 is 26.8 Å². The third kappa shape index (κ3) is 43.7. The number of rotatable bonds is 0. The standard InChI is InChI=1S/C5H5.4CH3.2ClH.H2Si.Ti/c1-2-4-5-3-1;;;;;;;;/h1-3H,4H2;4*1H3;2*1H;1H2;/q5*-1;;;;. The molecule has 0 spiro atoms. The van der Waals surface area contributed by atoms with E-state index in [0.29, 0.717) is 0 Å². The average molecular weight is 276 g/mol. The summed E-state index contributed by atoms with van der Waals surface area (Å²) in [5.41, 5.74) is 0. The van der Waals surface area contributed by atoms with E-state index in [0.717, 1.165) is 6.42 Å². The molecule has 13 heavy (non-hydrogen) atoms. The summed E-state index contributed by atoms with van der Waals surface area (Å²) < 4.78 is 0. The van der Waals surface area contributed by atoms with Crippen molar-refractivity contribution in [2.24, 2.45) is 0 Å². The normalized spacial score (nSPS) is 7.00. The first-order valence-corrected chi connectivity index (χ1v) is 6.09. The van der Waals surface area contributed by atoms with Gasteiger partial charge in [-0.15, -0.1) is 31.2 Å².